The van der Waals surface area contributed by atoms with Gasteiger partial charge in [-0.1, -0.05) is 48.5 Å². The van der Waals surface area contributed by atoms with Crippen molar-refractivity contribution in [2.45, 2.75) is 37.3 Å². The quantitative estimate of drug-likeness (QED) is 0.778. The molecule has 0 aliphatic rings. The smallest absolute Gasteiger partial charge is 0.227 e. The lowest BCUT2D eigenvalue weighted by atomic mass is 9.95. The molecule has 0 aromatic heterocycles. The molecular formula is C20H25NO2S. The third-order valence-corrected chi connectivity index (χ3v) is 4.66. The second-order valence-electron chi connectivity index (χ2n) is 6.83. The molecule has 0 fully saturated rings. The number of nitrogens with one attached hydrogen (secondary N) is 1. The Morgan fingerprint density at radius 2 is 1.58 bits per heavy atom. The second-order valence-corrected chi connectivity index (χ2v) is 7.92. The van der Waals surface area contributed by atoms with Gasteiger partial charge in [0.1, 0.15) is 0 Å². The SMILES string of the molecule is CC(C)(C)NC(=O)[C@H](CSc1ccccc1)[C@@H](O)c1ccccc1. The summed E-state index contributed by atoms with van der Waals surface area (Å²) >= 11 is 1.59. The van der Waals surface area contributed by atoms with E-state index in [0.29, 0.717) is 5.75 Å². The average molecular weight is 343 g/mol. The molecule has 2 aromatic rings. The van der Waals surface area contributed by atoms with E-state index in [-0.39, 0.29) is 11.4 Å². The van der Waals surface area contributed by atoms with Crippen molar-refractivity contribution in [2.24, 2.45) is 5.92 Å². The predicted molar refractivity (Wildman–Crippen MR) is 100.0 cm³/mol. The largest absolute Gasteiger partial charge is 0.388 e. The van der Waals surface area contributed by atoms with Crippen LogP contribution in [0.1, 0.15) is 32.4 Å². The van der Waals surface area contributed by atoms with E-state index in [4.69, 9.17) is 0 Å². The zero-order valence-corrected chi connectivity index (χ0v) is 15.2. The van der Waals surface area contributed by atoms with E-state index in [0.717, 1.165) is 10.5 Å². The van der Waals surface area contributed by atoms with Crippen LogP contribution in [-0.2, 0) is 4.79 Å². The van der Waals surface area contributed by atoms with E-state index in [2.05, 4.69) is 5.32 Å². The highest BCUT2D eigenvalue weighted by atomic mass is 32.2. The van der Waals surface area contributed by atoms with Crippen LogP contribution in [0.25, 0.3) is 0 Å². The van der Waals surface area contributed by atoms with Crippen LogP contribution in [0.3, 0.4) is 0 Å². The first-order valence-corrected chi connectivity index (χ1v) is 9.08. The van der Waals surface area contributed by atoms with Gasteiger partial charge in [0.05, 0.1) is 12.0 Å². The fourth-order valence-corrected chi connectivity index (χ4v) is 3.41. The predicted octanol–water partition coefficient (Wildman–Crippen LogP) is 4.04. The van der Waals surface area contributed by atoms with E-state index >= 15 is 0 Å². The summed E-state index contributed by atoms with van der Waals surface area (Å²) in [5.41, 5.74) is 0.434. The van der Waals surface area contributed by atoms with Crippen LogP contribution in [0.4, 0.5) is 0 Å². The fourth-order valence-electron chi connectivity index (χ4n) is 2.36. The molecule has 0 saturated heterocycles. The number of carbonyl (C=O) groups is 1. The lowest BCUT2D eigenvalue weighted by Crippen LogP contribution is -2.46. The van der Waals surface area contributed by atoms with Crippen LogP contribution in [0.5, 0.6) is 0 Å². The molecular weight excluding hydrogens is 318 g/mol. The highest BCUT2D eigenvalue weighted by Gasteiger charge is 2.30. The number of hydrogen-bond donors (Lipinski definition) is 2. The molecule has 0 heterocycles. The van der Waals surface area contributed by atoms with Crippen molar-refractivity contribution in [1.82, 2.24) is 5.32 Å². The Balaban J connectivity index is 2.15. The molecule has 3 nitrogen and oxygen atoms in total. The van der Waals surface area contributed by atoms with E-state index < -0.39 is 12.0 Å². The normalized spacial score (nSPS) is 14.0. The Morgan fingerprint density at radius 1 is 1.04 bits per heavy atom. The van der Waals surface area contributed by atoms with Crippen LogP contribution < -0.4 is 5.32 Å². The molecule has 2 atom stereocenters. The molecule has 24 heavy (non-hydrogen) atoms. The van der Waals surface area contributed by atoms with E-state index in [9.17, 15) is 9.90 Å². The van der Waals surface area contributed by atoms with Crippen molar-refractivity contribution >= 4 is 17.7 Å². The van der Waals surface area contributed by atoms with Gasteiger partial charge < -0.3 is 10.4 Å². The number of hydrogen-bond acceptors (Lipinski definition) is 3. The molecule has 2 aromatic carbocycles. The summed E-state index contributed by atoms with van der Waals surface area (Å²) in [7, 11) is 0. The van der Waals surface area contributed by atoms with Gasteiger partial charge in [-0.3, -0.25) is 4.79 Å². The number of rotatable bonds is 6. The minimum Gasteiger partial charge on any atom is -0.388 e. The molecule has 2 N–H and O–H groups in total. The van der Waals surface area contributed by atoms with Gasteiger partial charge in [-0.25, -0.2) is 0 Å². The first-order valence-electron chi connectivity index (χ1n) is 8.10. The average Bonchev–Trinajstić information content (AvgIpc) is 2.55. The molecule has 0 saturated carbocycles. The Kier molecular flexibility index (Phi) is 6.46. The molecule has 128 valence electrons. The highest BCUT2D eigenvalue weighted by Crippen LogP contribution is 2.29. The van der Waals surface area contributed by atoms with E-state index in [1.807, 2.05) is 81.4 Å². The number of thioether (sulfide) groups is 1. The summed E-state index contributed by atoms with van der Waals surface area (Å²) in [6.45, 7) is 5.84. The number of aliphatic hydroxyl groups excluding tert-OH is 1. The Morgan fingerprint density at radius 3 is 2.12 bits per heavy atom. The first-order chi connectivity index (χ1) is 11.4. The topological polar surface area (TPSA) is 49.3 Å². The standard InChI is InChI=1S/C20H25NO2S/c1-20(2,3)21-19(23)17(14-24-16-12-8-5-9-13-16)18(22)15-10-6-4-7-11-15/h4-13,17-18,22H,14H2,1-3H3,(H,21,23)/t17-,18+/m1/s1. The zero-order valence-electron chi connectivity index (χ0n) is 14.4. The maximum Gasteiger partial charge on any atom is 0.227 e. The number of carbonyl (C=O) groups excluding carboxylic acids is 1. The van der Waals surface area contributed by atoms with Gasteiger partial charge in [0.2, 0.25) is 5.91 Å². The van der Waals surface area contributed by atoms with Crippen LogP contribution in [-0.4, -0.2) is 22.3 Å². The lowest BCUT2D eigenvalue weighted by Gasteiger charge is -2.27. The van der Waals surface area contributed by atoms with Gasteiger partial charge in [0.15, 0.2) is 0 Å². The summed E-state index contributed by atoms with van der Waals surface area (Å²) in [4.78, 5) is 13.8. The number of benzene rings is 2. The van der Waals surface area contributed by atoms with Crippen molar-refractivity contribution in [3.05, 3.63) is 66.2 Å². The van der Waals surface area contributed by atoms with Crippen LogP contribution in [0.15, 0.2) is 65.6 Å². The number of aliphatic hydroxyl groups is 1. The highest BCUT2D eigenvalue weighted by molar-refractivity contribution is 7.99. The Bertz CT molecular complexity index is 638. The first kappa shape index (κ1) is 18.6. The van der Waals surface area contributed by atoms with Crippen LogP contribution in [0.2, 0.25) is 0 Å². The van der Waals surface area contributed by atoms with Gasteiger partial charge in [-0.15, -0.1) is 11.8 Å². The summed E-state index contributed by atoms with van der Waals surface area (Å²) < 4.78 is 0. The molecule has 0 spiro atoms. The molecule has 0 aliphatic carbocycles. The fraction of sp³-hybridized carbons (Fsp3) is 0.350. The third-order valence-electron chi connectivity index (χ3n) is 3.53. The maximum absolute atomic E-state index is 12.7. The van der Waals surface area contributed by atoms with Crippen molar-refractivity contribution in [3.63, 3.8) is 0 Å². The van der Waals surface area contributed by atoms with Crippen molar-refractivity contribution < 1.29 is 9.90 Å². The monoisotopic (exact) mass is 343 g/mol. The molecule has 0 aliphatic heterocycles. The van der Waals surface area contributed by atoms with Gasteiger partial charge in [0, 0.05) is 16.2 Å². The molecule has 1 amide bonds. The van der Waals surface area contributed by atoms with Gasteiger partial charge in [-0.05, 0) is 38.5 Å². The van der Waals surface area contributed by atoms with Crippen molar-refractivity contribution in [2.75, 3.05) is 5.75 Å². The number of amides is 1. The van der Waals surface area contributed by atoms with E-state index in [1.54, 1.807) is 11.8 Å². The zero-order chi connectivity index (χ0) is 17.6. The summed E-state index contributed by atoms with van der Waals surface area (Å²) in [6, 6.07) is 19.3. The summed E-state index contributed by atoms with van der Waals surface area (Å²) in [5.74, 6) is -0.124. The van der Waals surface area contributed by atoms with Crippen molar-refractivity contribution in [3.8, 4) is 0 Å². The lowest BCUT2D eigenvalue weighted by molar-refractivity contribution is -0.129. The minimum absolute atomic E-state index is 0.123. The van der Waals surface area contributed by atoms with Crippen LogP contribution in [0, 0.1) is 5.92 Å². The maximum atomic E-state index is 12.7. The molecule has 0 bridgehead atoms. The molecule has 0 radical (unpaired) electrons. The molecule has 4 heteroatoms. The van der Waals surface area contributed by atoms with Gasteiger partial charge >= 0.3 is 0 Å². The minimum atomic E-state index is -0.829. The summed E-state index contributed by atoms with van der Waals surface area (Å²) in [5, 5.41) is 13.7. The summed E-state index contributed by atoms with van der Waals surface area (Å²) in [6.07, 6.45) is -0.829. The van der Waals surface area contributed by atoms with Crippen LogP contribution >= 0.6 is 11.8 Å². The third kappa shape index (κ3) is 5.69. The van der Waals surface area contributed by atoms with Gasteiger partial charge in [0.25, 0.3) is 0 Å². The van der Waals surface area contributed by atoms with E-state index in [1.165, 1.54) is 0 Å². The molecule has 0 unspecified atom stereocenters. The Hall–Kier alpha value is -1.78. The second kappa shape index (κ2) is 8.36. The van der Waals surface area contributed by atoms with Gasteiger partial charge in [-0.2, -0.15) is 0 Å². The van der Waals surface area contributed by atoms with Crippen molar-refractivity contribution in [1.29, 1.82) is 0 Å². The molecule has 2 rings (SSSR count). The Labute approximate surface area is 148 Å².